The van der Waals surface area contributed by atoms with E-state index in [-0.39, 0.29) is 18.2 Å². The highest BCUT2D eigenvalue weighted by Gasteiger charge is 2.37. The average molecular weight is 727 g/mol. The maximum atomic E-state index is 14.6. The monoisotopic (exact) mass is 726 g/mol. The molecule has 3 aromatic heterocycles. The molecule has 3 heterocycles. The number of rotatable bonds is 12. The van der Waals surface area contributed by atoms with Crippen molar-refractivity contribution in [2.45, 2.75) is 97.5 Å². The lowest BCUT2D eigenvalue weighted by Crippen LogP contribution is -2.43. The summed E-state index contributed by atoms with van der Waals surface area (Å²) in [7, 11) is -4.92. The van der Waals surface area contributed by atoms with Gasteiger partial charge in [-0.1, -0.05) is 0 Å². The van der Waals surface area contributed by atoms with Crippen molar-refractivity contribution in [1.82, 2.24) is 30.4 Å². The predicted molar refractivity (Wildman–Crippen MR) is 180 cm³/mol. The number of ether oxygens (including phenoxy) is 1. The standard InChI is InChI=1S/C21H25FN7O5P.C10H20FNO3/c1-12(2)28-16-6-18(29-19-14(9-27-29)5-13(7-23)8-25-19)24-10-15(16)20(30)26-11-17(22)21(3,4)34-35(31,32)33;1-9(2,3)15-8(13)12-6-7(11)10(4,5)14/h5-6,8-10,12,17H,11H2,1-4H3,(H,24,28)(H,26,30)(H2,31,32,33);7,14H,6H2,1-5H3,(H,12,13)/t17-;7-/m11/s1. The van der Waals surface area contributed by atoms with Gasteiger partial charge in [-0.3, -0.25) is 9.32 Å². The van der Waals surface area contributed by atoms with Crippen LogP contribution in [0.5, 0.6) is 0 Å². The Morgan fingerprint density at radius 3 is 2.16 bits per heavy atom. The van der Waals surface area contributed by atoms with Gasteiger partial charge < -0.3 is 35.6 Å². The number of pyridine rings is 2. The van der Waals surface area contributed by atoms with Crippen molar-refractivity contribution in [3.63, 3.8) is 0 Å². The van der Waals surface area contributed by atoms with Crippen LogP contribution in [0.4, 0.5) is 19.3 Å². The van der Waals surface area contributed by atoms with E-state index >= 15 is 0 Å². The summed E-state index contributed by atoms with van der Waals surface area (Å²) in [6, 6.07) is 5.19. The lowest BCUT2D eigenvalue weighted by atomic mass is 10.0. The van der Waals surface area contributed by atoms with E-state index in [1.807, 2.05) is 19.9 Å². The summed E-state index contributed by atoms with van der Waals surface area (Å²) < 4.78 is 49.7. The van der Waals surface area contributed by atoms with Gasteiger partial charge in [0, 0.05) is 29.9 Å². The van der Waals surface area contributed by atoms with Crippen LogP contribution < -0.4 is 16.0 Å². The fourth-order valence-electron chi connectivity index (χ4n) is 3.95. The molecule has 0 fully saturated rings. The second-order valence-corrected chi connectivity index (χ2v) is 14.7. The van der Waals surface area contributed by atoms with Crippen molar-refractivity contribution in [3.05, 3.63) is 41.9 Å². The van der Waals surface area contributed by atoms with E-state index < -0.39 is 55.5 Å². The quantitative estimate of drug-likeness (QED) is 0.145. The second kappa shape index (κ2) is 16.6. The number of nitrogens with one attached hydrogen (secondary N) is 3. The minimum atomic E-state index is -4.92. The SMILES string of the molecule is CC(C)(C)OC(=O)NC[C@@H](F)C(C)(C)O.CC(C)Nc1cc(-n2ncc3cc(C#N)cnc32)ncc1C(=O)NC[C@@H](F)C(C)(C)OP(=O)(O)O. The number of aromatic nitrogens is 4. The number of alkyl halides is 2. The van der Waals surface area contributed by atoms with Crippen molar-refractivity contribution < 1.29 is 47.1 Å². The molecule has 0 spiro atoms. The largest absolute Gasteiger partial charge is 0.470 e. The van der Waals surface area contributed by atoms with Gasteiger partial charge in [0.2, 0.25) is 0 Å². The number of phosphoric acid groups is 1. The Balaban J connectivity index is 0.000000487. The number of aliphatic hydroxyl groups is 1. The first-order valence-electron chi connectivity index (χ1n) is 15.4. The molecule has 3 rings (SSSR count). The molecule has 0 saturated heterocycles. The van der Waals surface area contributed by atoms with Gasteiger partial charge in [0.15, 0.2) is 11.5 Å². The van der Waals surface area contributed by atoms with Crippen molar-refractivity contribution in [2.75, 3.05) is 18.4 Å². The molecule has 0 saturated carbocycles. The number of carbonyl (C=O) groups excluding carboxylic acids is 2. The highest BCUT2D eigenvalue weighted by molar-refractivity contribution is 7.46. The van der Waals surface area contributed by atoms with E-state index in [0.717, 1.165) is 0 Å². The summed E-state index contributed by atoms with van der Waals surface area (Å²) in [6.45, 7) is 13.1. The lowest BCUT2D eigenvalue weighted by Gasteiger charge is -2.29. The van der Waals surface area contributed by atoms with Gasteiger partial charge >= 0.3 is 13.9 Å². The molecule has 0 unspecified atom stereocenters. The first kappa shape index (κ1) is 41.9. The Kier molecular flexibility index (Phi) is 13.9. The molecule has 0 aliphatic heterocycles. The Morgan fingerprint density at radius 2 is 1.62 bits per heavy atom. The zero-order chi connectivity index (χ0) is 38.2. The number of alkyl carbamates (subject to hydrolysis) is 1. The van der Waals surface area contributed by atoms with E-state index in [0.29, 0.717) is 28.1 Å². The molecular formula is C31H45F2N8O8P. The van der Waals surface area contributed by atoms with Gasteiger partial charge in [0.05, 0.1) is 41.7 Å². The summed E-state index contributed by atoms with van der Waals surface area (Å²) >= 11 is 0. The van der Waals surface area contributed by atoms with Gasteiger partial charge in [-0.15, -0.1) is 0 Å². The Morgan fingerprint density at radius 1 is 1.00 bits per heavy atom. The van der Waals surface area contributed by atoms with Crippen LogP contribution in [0.1, 0.15) is 78.2 Å². The molecule has 3 aromatic rings. The van der Waals surface area contributed by atoms with Gasteiger partial charge in [-0.05, 0) is 68.4 Å². The molecule has 50 heavy (non-hydrogen) atoms. The lowest BCUT2D eigenvalue weighted by molar-refractivity contribution is -0.00472. The molecule has 2 atom stereocenters. The van der Waals surface area contributed by atoms with Crippen LogP contribution in [0.25, 0.3) is 16.9 Å². The van der Waals surface area contributed by atoms with E-state index in [1.54, 1.807) is 39.1 Å². The molecule has 19 heteroatoms. The third-order valence-electron chi connectivity index (χ3n) is 6.47. The molecular weight excluding hydrogens is 681 g/mol. The number of hydrogen-bond acceptors (Lipinski definition) is 11. The Hall–Kier alpha value is -4.27. The predicted octanol–water partition coefficient (Wildman–Crippen LogP) is 4.08. The number of nitriles is 1. The van der Waals surface area contributed by atoms with Gasteiger partial charge in [0.1, 0.15) is 29.6 Å². The molecule has 0 radical (unpaired) electrons. The molecule has 6 N–H and O–H groups in total. The third-order valence-corrected chi connectivity index (χ3v) is 7.18. The zero-order valence-corrected chi connectivity index (χ0v) is 30.2. The van der Waals surface area contributed by atoms with Crippen molar-refractivity contribution in [1.29, 1.82) is 5.26 Å². The van der Waals surface area contributed by atoms with Gasteiger partial charge in [0.25, 0.3) is 5.91 Å². The van der Waals surface area contributed by atoms with Crippen LogP contribution in [-0.2, 0) is 13.8 Å². The van der Waals surface area contributed by atoms with Crippen molar-refractivity contribution in [3.8, 4) is 11.9 Å². The van der Waals surface area contributed by atoms with Crippen molar-refractivity contribution in [2.24, 2.45) is 0 Å². The molecule has 0 aliphatic carbocycles. The van der Waals surface area contributed by atoms with E-state index in [4.69, 9.17) is 19.8 Å². The first-order valence-corrected chi connectivity index (χ1v) is 16.9. The minimum Gasteiger partial charge on any atom is -0.444 e. The van der Waals surface area contributed by atoms with Crippen LogP contribution in [0, 0.1) is 11.3 Å². The summed E-state index contributed by atoms with van der Waals surface area (Å²) in [5.41, 5.74) is -2.52. The summed E-state index contributed by atoms with van der Waals surface area (Å²) in [5.74, 6) is -0.291. The number of fused-ring (bicyclic) bond motifs is 1. The van der Waals surface area contributed by atoms with E-state index in [1.165, 1.54) is 44.8 Å². The van der Waals surface area contributed by atoms with Crippen LogP contribution in [-0.4, -0.2) is 94.9 Å². The average Bonchev–Trinajstić information content (AvgIpc) is 3.39. The molecule has 0 bridgehead atoms. The van der Waals surface area contributed by atoms with Crippen molar-refractivity contribution >= 4 is 36.5 Å². The number of nitrogens with zero attached hydrogens (tertiary/aromatic N) is 5. The minimum absolute atomic E-state index is 0.0630. The zero-order valence-electron chi connectivity index (χ0n) is 29.4. The summed E-state index contributed by atoms with van der Waals surface area (Å²) in [5, 5.41) is 31.0. The maximum absolute atomic E-state index is 14.6. The number of phosphoric ester groups is 1. The number of anilines is 1. The summed E-state index contributed by atoms with van der Waals surface area (Å²) in [6.07, 6.45) is 0.147. The molecule has 2 amide bonds. The number of halogens is 2. The van der Waals surface area contributed by atoms with Crippen LogP contribution in [0.3, 0.4) is 0 Å². The first-order chi connectivity index (χ1) is 22.8. The second-order valence-electron chi connectivity index (χ2n) is 13.6. The maximum Gasteiger partial charge on any atom is 0.470 e. The normalized spacial score (nSPS) is 13.5. The number of hydrogen-bond donors (Lipinski definition) is 6. The highest BCUT2D eigenvalue weighted by atomic mass is 31.2. The van der Waals surface area contributed by atoms with Gasteiger partial charge in [-0.25, -0.2) is 28.1 Å². The van der Waals surface area contributed by atoms with E-state index in [2.05, 4.69) is 35.5 Å². The topological polar surface area (TPSA) is 234 Å². The van der Waals surface area contributed by atoms with E-state index in [9.17, 15) is 28.0 Å². The molecule has 276 valence electrons. The molecule has 0 aliphatic rings. The third kappa shape index (κ3) is 13.2. The summed E-state index contributed by atoms with van der Waals surface area (Å²) in [4.78, 5) is 50.4. The van der Waals surface area contributed by atoms with Gasteiger partial charge in [-0.2, -0.15) is 15.0 Å². The molecule has 0 aromatic carbocycles. The fraction of sp³-hybridized carbons (Fsp3) is 0.548. The molecule has 16 nitrogen and oxygen atoms in total. The smallest absolute Gasteiger partial charge is 0.444 e. The number of amides is 2. The Labute approximate surface area is 288 Å². The number of carbonyl (C=O) groups is 2. The van der Waals surface area contributed by atoms with Crippen LogP contribution >= 0.6 is 7.82 Å². The van der Waals surface area contributed by atoms with Crippen LogP contribution in [0.15, 0.2) is 30.7 Å². The van der Waals surface area contributed by atoms with Crippen LogP contribution in [0.2, 0.25) is 0 Å². The highest BCUT2D eigenvalue weighted by Crippen LogP contribution is 2.42. The Bertz CT molecular complexity index is 1730. The fourth-order valence-corrected chi connectivity index (χ4v) is 4.67.